The minimum atomic E-state index is -3.56. The van der Waals surface area contributed by atoms with Crippen molar-refractivity contribution in [1.29, 1.82) is 0 Å². The number of fused-ring (bicyclic) bond motifs is 1. The first-order valence-corrected chi connectivity index (χ1v) is 8.27. The van der Waals surface area contributed by atoms with Crippen molar-refractivity contribution in [3.8, 4) is 0 Å². The van der Waals surface area contributed by atoms with Gasteiger partial charge >= 0.3 is 5.97 Å². The first kappa shape index (κ1) is 13.6. The van der Waals surface area contributed by atoms with Crippen LogP contribution in [0.2, 0.25) is 0 Å². The highest BCUT2D eigenvalue weighted by Gasteiger charge is 2.36. The molecule has 5 nitrogen and oxygen atoms in total. The number of aliphatic carboxylic acids is 1. The molecule has 1 aromatic carbocycles. The zero-order valence-electron chi connectivity index (χ0n) is 11.1. The molecule has 1 aliphatic heterocycles. The molecule has 0 amide bonds. The average molecular weight is 295 g/mol. The van der Waals surface area contributed by atoms with E-state index >= 15 is 0 Å². The summed E-state index contributed by atoms with van der Waals surface area (Å²) in [7, 11) is -3.56. The third-order valence-electron chi connectivity index (χ3n) is 4.21. The van der Waals surface area contributed by atoms with E-state index in [1.54, 1.807) is 12.1 Å². The Bertz CT molecular complexity index is 653. The van der Waals surface area contributed by atoms with Gasteiger partial charge in [-0.05, 0) is 48.9 Å². The summed E-state index contributed by atoms with van der Waals surface area (Å²) in [5.74, 6) is -1.50. The van der Waals surface area contributed by atoms with Crippen LogP contribution in [0.5, 0.6) is 0 Å². The Hall–Kier alpha value is -1.40. The van der Waals surface area contributed by atoms with Crippen molar-refractivity contribution >= 4 is 16.0 Å². The number of carbonyl (C=O) groups is 1. The van der Waals surface area contributed by atoms with Crippen LogP contribution in [0.1, 0.15) is 24.0 Å². The summed E-state index contributed by atoms with van der Waals surface area (Å²) in [6.07, 6.45) is 3.40. The van der Waals surface area contributed by atoms with Gasteiger partial charge in [0.2, 0.25) is 10.0 Å². The summed E-state index contributed by atoms with van der Waals surface area (Å²) in [4.78, 5) is 11.2. The highest BCUT2D eigenvalue weighted by molar-refractivity contribution is 7.89. The van der Waals surface area contributed by atoms with Crippen molar-refractivity contribution in [2.75, 3.05) is 13.1 Å². The van der Waals surface area contributed by atoms with E-state index in [4.69, 9.17) is 5.11 Å². The number of rotatable bonds is 3. The Labute approximate surface area is 118 Å². The van der Waals surface area contributed by atoms with Crippen LogP contribution in [0, 0.1) is 5.92 Å². The summed E-state index contributed by atoms with van der Waals surface area (Å²) < 4.78 is 26.4. The third-order valence-corrected chi connectivity index (χ3v) is 6.07. The minimum absolute atomic E-state index is 0.0781. The van der Waals surface area contributed by atoms with Gasteiger partial charge in [-0.25, -0.2) is 8.42 Å². The first-order valence-electron chi connectivity index (χ1n) is 6.83. The fourth-order valence-corrected chi connectivity index (χ4v) is 4.56. The van der Waals surface area contributed by atoms with Crippen LogP contribution in [0.25, 0.3) is 0 Å². The van der Waals surface area contributed by atoms with E-state index in [1.807, 2.05) is 6.07 Å². The second-order valence-corrected chi connectivity index (χ2v) is 7.41. The van der Waals surface area contributed by atoms with Gasteiger partial charge in [-0.1, -0.05) is 6.07 Å². The molecular weight excluding hydrogens is 278 g/mol. The molecule has 0 aromatic heterocycles. The highest BCUT2D eigenvalue weighted by atomic mass is 32.2. The first-order chi connectivity index (χ1) is 9.48. The van der Waals surface area contributed by atoms with Crippen molar-refractivity contribution in [2.45, 2.75) is 30.6 Å². The number of carboxylic acid groups (broad SMARTS) is 1. The normalized spacial score (nSPS) is 22.9. The Morgan fingerprint density at radius 1 is 1.25 bits per heavy atom. The lowest BCUT2D eigenvalue weighted by molar-refractivity contribution is -0.141. The largest absolute Gasteiger partial charge is 0.481 e. The lowest BCUT2D eigenvalue weighted by Gasteiger charge is -2.16. The average Bonchev–Trinajstić information content (AvgIpc) is 3.07. The van der Waals surface area contributed by atoms with Gasteiger partial charge in [-0.2, -0.15) is 4.31 Å². The standard InChI is InChI=1S/C14H17NO4S/c16-14(17)12-6-7-15(9-12)20(18,19)13-5-4-10-2-1-3-11(10)8-13/h4-5,8,12H,1-3,6-7,9H2,(H,16,17). The van der Waals surface area contributed by atoms with Gasteiger partial charge in [0.05, 0.1) is 10.8 Å². The van der Waals surface area contributed by atoms with E-state index in [-0.39, 0.29) is 13.1 Å². The number of hydrogen-bond acceptors (Lipinski definition) is 3. The second-order valence-electron chi connectivity index (χ2n) is 5.47. The lowest BCUT2D eigenvalue weighted by Crippen LogP contribution is -2.30. The Morgan fingerprint density at radius 2 is 2.00 bits per heavy atom. The van der Waals surface area contributed by atoms with Crippen LogP contribution >= 0.6 is 0 Å². The highest BCUT2D eigenvalue weighted by Crippen LogP contribution is 2.28. The molecule has 0 bridgehead atoms. The molecular formula is C14H17NO4S. The van der Waals surface area contributed by atoms with Crippen LogP contribution in [0.4, 0.5) is 0 Å². The predicted octanol–water partition coefficient (Wildman–Crippen LogP) is 1.27. The third kappa shape index (κ3) is 2.23. The molecule has 6 heteroatoms. The number of aryl methyl sites for hydroxylation is 2. The lowest BCUT2D eigenvalue weighted by atomic mass is 10.1. The number of nitrogens with zero attached hydrogens (tertiary/aromatic N) is 1. The smallest absolute Gasteiger partial charge is 0.307 e. The Kier molecular flexibility index (Phi) is 3.30. The zero-order valence-corrected chi connectivity index (χ0v) is 11.9. The molecule has 1 atom stereocenters. The molecule has 1 fully saturated rings. The number of benzene rings is 1. The summed E-state index contributed by atoms with van der Waals surface area (Å²) in [6.45, 7) is 0.366. The van der Waals surface area contributed by atoms with E-state index in [0.29, 0.717) is 11.3 Å². The quantitative estimate of drug-likeness (QED) is 0.911. The molecule has 3 rings (SSSR count). The molecule has 1 aromatic rings. The summed E-state index contributed by atoms with van der Waals surface area (Å²) in [5.41, 5.74) is 2.34. The molecule has 1 unspecified atom stereocenters. The van der Waals surface area contributed by atoms with Gasteiger partial charge in [0.1, 0.15) is 0 Å². The number of sulfonamides is 1. The Morgan fingerprint density at radius 3 is 2.70 bits per heavy atom. The van der Waals surface area contributed by atoms with Gasteiger partial charge in [0, 0.05) is 13.1 Å². The number of carboxylic acids is 1. The molecule has 0 saturated carbocycles. The summed E-state index contributed by atoms with van der Waals surface area (Å²) in [6, 6.07) is 5.29. The van der Waals surface area contributed by atoms with Crippen molar-refractivity contribution in [2.24, 2.45) is 5.92 Å². The van der Waals surface area contributed by atoms with Gasteiger partial charge in [0.15, 0.2) is 0 Å². The summed E-state index contributed by atoms with van der Waals surface area (Å²) >= 11 is 0. The monoisotopic (exact) mass is 295 g/mol. The van der Waals surface area contributed by atoms with Gasteiger partial charge in [-0.3, -0.25) is 4.79 Å². The van der Waals surface area contributed by atoms with Crippen LogP contribution in [0.15, 0.2) is 23.1 Å². The topological polar surface area (TPSA) is 74.7 Å². The fourth-order valence-electron chi connectivity index (χ4n) is 3.01. The van der Waals surface area contributed by atoms with Crippen LogP contribution in [-0.4, -0.2) is 36.9 Å². The van der Waals surface area contributed by atoms with Gasteiger partial charge in [-0.15, -0.1) is 0 Å². The van der Waals surface area contributed by atoms with Crippen LogP contribution < -0.4 is 0 Å². The van der Waals surface area contributed by atoms with Gasteiger partial charge < -0.3 is 5.11 Å². The molecule has 1 N–H and O–H groups in total. The molecule has 2 aliphatic rings. The SMILES string of the molecule is O=C(O)C1CCN(S(=O)(=O)c2ccc3c(c2)CCC3)C1. The molecule has 1 aliphatic carbocycles. The maximum atomic E-state index is 12.5. The molecule has 0 radical (unpaired) electrons. The second kappa shape index (κ2) is 4.86. The van der Waals surface area contributed by atoms with Crippen molar-refractivity contribution in [3.05, 3.63) is 29.3 Å². The van der Waals surface area contributed by atoms with Gasteiger partial charge in [0.25, 0.3) is 0 Å². The van der Waals surface area contributed by atoms with Crippen molar-refractivity contribution in [3.63, 3.8) is 0 Å². The minimum Gasteiger partial charge on any atom is -0.481 e. The van der Waals surface area contributed by atoms with E-state index in [1.165, 1.54) is 9.87 Å². The van der Waals surface area contributed by atoms with Crippen LogP contribution in [0.3, 0.4) is 0 Å². The fraction of sp³-hybridized carbons (Fsp3) is 0.500. The molecule has 108 valence electrons. The zero-order chi connectivity index (χ0) is 14.3. The molecule has 1 heterocycles. The molecule has 1 saturated heterocycles. The van der Waals surface area contributed by atoms with Crippen molar-refractivity contribution < 1.29 is 18.3 Å². The van der Waals surface area contributed by atoms with E-state index in [2.05, 4.69) is 0 Å². The van der Waals surface area contributed by atoms with E-state index in [9.17, 15) is 13.2 Å². The van der Waals surface area contributed by atoms with E-state index < -0.39 is 21.9 Å². The van der Waals surface area contributed by atoms with E-state index in [0.717, 1.165) is 24.8 Å². The van der Waals surface area contributed by atoms with Crippen molar-refractivity contribution in [1.82, 2.24) is 4.31 Å². The maximum Gasteiger partial charge on any atom is 0.307 e. The predicted molar refractivity (Wildman–Crippen MR) is 73.0 cm³/mol. The molecule has 0 spiro atoms. The molecule has 20 heavy (non-hydrogen) atoms. The Balaban J connectivity index is 1.87. The summed E-state index contributed by atoms with van der Waals surface area (Å²) in [5, 5.41) is 8.97. The maximum absolute atomic E-state index is 12.5. The number of hydrogen-bond donors (Lipinski definition) is 1. The van der Waals surface area contributed by atoms with Crippen LogP contribution in [-0.2, 0) is 27.7 Å².